The second-order valence-electron chi connectivity index (χ2n) is 8.10. The second-order valence-corrected chi connectivity index (χ2v) is 8.10. The van der Waals surface area contributed by atoms with E-state index in [2.05, 4.69) is 44.2 Å². The zero-order valence-electron chi connectivity index (χ0n) is 18.0. The van der Waals surface area contributed by atoms with Gasteiger partial charge in [-0.2, -0.15) is 0 Å². The van der Waals surface area contributed by atoms with Gasteiger partial charge in [-0.3, -0.25) is 9.36 Å². The standard InChI is InChI=1S/C23H28N6O/c1-15-11-16(2)22(17(3)12-15)27-23(30)19-5-8-28(9-6-19)20-13-21(26-14-25-20)29-10-7-24-18(29)4/h7,10-14,19H,5-6,8-9H2,1-4H3,(H,27,30). The van der Waals surface area contributed by atoms with Crippen molar-refractivity contribution in [3.05, 3.63) is 59.4 Å². The van der Waals surface area contributed by atoms with E-state index >= 15 is 0 Å². The highest BCUT2D eigenvalue weighted by Crippen LogP contribution is 2.26. The van der Waals surface area contributed by atoms with Crippen molar-refractivity contribution in [3.8, 4) is 5.82 Å². The van der Waals surface area contributed by atoms with Gasteiger partial charge < -0.3 is 10.2 Å². The van der Waals surface area contributed by atoms with Crippen LogP contribution in [0.3, 0.4) is 0 Å². The van der Waals surface area contributed by atoms with E-state index < -0.39 is 0 Å². The second kappa shape index (κ2) is 8.26. The first-order valence-corrected chi connectivity index (χ1v) is 10.4. The Balaban J connectivity index is 1.41. The number of nitrogens with one attached hydrogen (secondary N) is 1. The number of aromatic nitrogens is 4. The van der Waals surface area contributed by atoms with E-state index in [9.17, 15) is 4.79 Å². The van der Waals surface area contributed by atoms with Crippen LogP contribution in [-0.4, -0.2) is 38.5 Å². The van der Waals surface area contributed by atoms with Gasteiger partial charge in [0.2, 0.25) is 5.91 Å². The van der Waals surface area contributed by atoms with Gasteiger partial charge in [-0.25, -0.2) is 15.0 Å². The molecule has 1 amide bonds. The van der Waals surface area contributed by atoms with Crippen LogP contribution in [0.25, 0.3) is 5.82 Å². The molecule has 1 N–H and O–H groups in total. The molecule has 1 saturated heterocycles. The zero-order chi connectivity index (χ0) is 21.3. The van der Waals surface area contributed by atoms with E-state index in [4.69, 9.17) is 0 Å². The highest BCUT2D eigenvalue weighted by atomic mass is 16.1. The third kappa shape index (κ3) is 4.06. The molecule has 1 aliphatic heterocycles. The van der Waals surface area contributed by atoms with Gasteiger partial charge in [0.05, 0.1) is 0 Å². The Labute approximate surface area is 177 Å². The molecule has 7 heteroatoms. The van der Waals surface area contributed by atoms with E-state index in [-0.39, 0.29) is 11.8 Å². The number of nitrogens with zero attached hydrogens (tertiary/aromatic N) is 5. The SMILES string of the molecule is Cc1cc(C)c(NC(=O)C2CCN(c3cc(-n4ccnc4C)ncn3)CC2)c(C)c1. The maximum atomic E-state index is 12.9. The van der Waals surface area contributed by atoms with Crippen LogP contribution >= 0.6 is 0 Å². The molecule has 0 radical (unpaired) electrons. The van der Waals surface area contributed by atoms with Gasteiger partial charge in [0.1, 0.15) is 23.8 Å². The first-order valence-electron chi connectivity index (χ1n) is 10.4. The van der Waals surface area contributed by atoms with Crippen LogP contribution in [0.1, 0.15) is 35.4 Å². The fourth-order valence-corrected chi connectivity index (χ4v) is 4.24. The summed E-state index contributed by atoms with van der Waals surface area (Å²) >= 11 is 0. The van der Waals surface area contributed by atoms with Crippen molar-refractivity contribution in [1.29, 1.82) is 0 Å². The Bertz CT molecular complexity index is 1040. The van der Waals surface area contributed by atoms with Crippen LogP contribution in [0.4, 0.5) is 11.5 Å². The van der Waals surface area contributed by atoms with Gasteiger partial charge in [-0.15, -0.1) is 0 Å². The maximum Gasteiger partial charge on any atom is 0.227 e. The summed E-state index contributed by atoms with van der Waals surface area (Å²) in [6.45, 7) is 9.71. The smallest absolute Gasteiger partial charge is 0.227 e. The molecule has 0 unspecified atom stereocenters. The van der Waals surface area contributed by atoms with Gasteiger partial charge in [-0.1, -0.05) is 17.7 Å². The number of aryl methyl sites for hydroxylation is 4. The average molecular weight is 405 g/mol. The Morgan fingerprint density at radius 2 is 1.63 bits per heavy atom. The average Bonchev–Trinajstić information content (AvgIpc) is 3.16. The molecule has 1 aliphatic rings. The van der Waals surface area contributed by atoms with Crippen LogP contribution in [0.5, 0.6) is 0 Å². The summed E-state index contributed by atoms with van der Waals surface area (Å²) in [6.07, 6.45) is 6.86. The Hall–Kier alpha value is -3.22. The number of amides is 1. The highest BCUT2D eigenvalue weighted by molar-refractivity contribution is 5.94. The van der Waals surface area contributed by atoms with Crippen LogP contribution in [-0.2, 0) is 4.79 Å². The van der Waals surface area contributed by atoms with Gasteiger partial charge in [0.15, 0.2) is 0 Å². The number of rotatable bonds is 4. The van der Waals surface area contributed by atoms with E-state index in [1.807, 2.05) is 37.6 Å². The third-order valence-corrected chi connectivity index (χ3v) is 5.83. The van der Waals surface area contributed by atoms with Gasteiger partial charge >= 0.3 is 0 Å². The molecular weight excluding hydrogens is 376 g/mol. The Kier molecular flexibility index (Phi) is 5.53. The molecule has 30 heavy (non-hydrogen) atoms. The summed E-state index contributed by atoms with van der Waals surface area (Å²) in [5.41, 5.74) is 4.39. The lowest BCUT2D eigenvalue weighted by atomic mass is 9.95. The number of carbonyl (C=O) groups is 1. The van der Waals surface area contributed by atoms with E-state index in [0.29, 0.717) is 0 Å². The Morgan fingerprint density at radius 3 is 2.27 bits per heavy atom. The lowest BCUT2D eigenvalue weighted by Gasteiger charge is -2.32. The Morgan fingerprint density at radius 1 is 0.967 bits per heavy atom. The first kappa shape index (κ1) is 20.1. The van der Waals surface area contributed by atoms with Crippen molar-refractivity contribution < 1.29 is 4.79 Å². The lowest BCUT2D eigenvalue weighted by Crippen LogP contribution is -2.38. The largest absolute Gasteiger partial charge is 0.356 e. The molecule has 156 valence electrons. The molecule has 7 nitrogen and oxygen atoms in total. The predicted molar refractivity (Wildman–Crippen MR) is 118 cm³/mol. The van der Waals surface area contributed by atoms with Crippen molar-refractivity contribution in [3.63, 3.8) is 0 Å². The maximum absolute atomic E-state index is 12.9. The van der Waals surface area contributed by atoms with Crippen LogP contribution < -0.4 is 10.2 Å². The highest BCUT2D eigenvalue weighted by Gasteiger charge is 2.26. The van der Waals surface area contributed by atoms with E-state index in [1.165, 1.54) is 5.56 Å². The number of benzene rings is 1. The molecule has 1 aromatic carbocycles. The monoisotopic (exact) mass is 404 g/mol. The van der Waals surface area contributed by atoms with Crippen molar-refractivity contribution >= 4 is 17.4 Å². The van der Waals surface area contributed by atoms with E-state index in [0.717, 1.165) is 60.2 Å². The van der Waals surface area contributed by atoms with Crippen molar-refractivity contribution in [1.82, 2.24) is 19.5 Å². The van der Waals surface area contributed by atoms with Crippen molar-refractivity contribution in [2.75, 3.05) is 23.3 Å². The van der Waals surface area contributed by atoms with Crippen LogP contribution in [0.15, 0.2) is 36.9 Å². The van der Waals surface area contributed by atoms with Crippen LogP contribution in [0.2, 0.25) is 0 Å². The van der Waals surface area contributed by atoms with Gasteiger partial charge in [-0.05, 0) is 51.7 Å². The molecule has 0 spiro atoms. The number of imidazole rings is 1. The molecule has 0 atom stereocenters. The molecule has 0 bridgehead atoms. The number of hydrogen-bond donors (Lipinski definition) is 1. The van der Waals surface area contributed by atoms with E-state index in [1.54, 1.807) is 12.5 Å². The number of carbonyl (C=O) groups excluding carboxylic acids is 1. The van der Waals surface area contributed by atoms with Gasteiger partial charge in [0, 0.05) is 43.2 Å². The number of hydrogen-bond acceptors (Lipinski definition) is 5. The third-order valence-electron chi connectivity index (χ3n) is 5.83. The number of piperidine rings is 1. The summed E-state index contributed by atoms with van der Waals surface area (Å²) < 4.78 is 1.94. The lowest BCUT2D eigenvalue weighted by molar-refractivity contribution is -0.120. The molecule has 3 aromatic rings. The molecule has 4 rings (SSSR count). The summed E-state index contributed by atoms with van der Waals surface area (Å²) in [7, 11) is 0. The summed E-state index contributed by atoms with van der Waals surface area (Å²) in [5.74, 6) is 2.70. The van der Waals surface area contributed by atoms with Crippen LogP contribution in [0, 0.1) is 33.6 Å². The number of anilines is 2. The minimum Gasteiger partial charge on any atom is -0.356 e. The molecule has 1 fully saturated rings. The quantitative estimate of drug-likeness (QED) is 0.717. The van der Waals surface area contributed by atoms with Crippen molar-refractivity contribution in [2.24, 2.45) is 5.92 Å². The fraction of sp³-hybridized carbons (Fsp3) is 0.391. The minimum atomic E-state index is 0.0125. The molecular formula is C23H28N6O. The minimum absolute atomic E-state index is 0.0125. The van der Waals surface area contributed by atoms with Gasteiger partial charge in [0.25, 0.3) is 0 Å². The normalized spacial score (nSPS) is 14.7. The predicted octanol–water partition coefficient (Wildman–Crippen LogP) is 3.75. The molecule has 2 aromatic heterocycles. The molecule has 3 heterocycles. The topological polar surface area (TPSA) is 75.9 Å². The molecule has 0 aliphatic carbocycles. The fourth-order valence-electron chi connectivity index (χ4n) is 4.24. The van der Waals surface area contributed by atoms with Crippen molar-refractivity contribution in [2.45, 2.75) is 40.5 Å². The summed E-state index contributed by atoms with van der Waals surface area (Å²) in [6, 6.07) is 6.20. The summed E-state index contributed by atoms with van der Waals surface area (Å²) in [4.78, 5) is 28.2. The molecule has 0 saturated carbocycles. The zero-order valence-corrected chi connectivity index (χ0v) is 18.0. The summed E-state index contributed by atoms with van der Waals surface area (Å²) in [5, 5.41) is 3.17. The first-order chi connectivity index (χ1) is 14.4.